The molecule has 2 heterocycles. The average molecular weight is 380 g/mol. The van der Waals surface area contributed by atoms with Gasteiger partial charge in [0.25, 0.3) is 0 Å². The molecule has 3 rings (SSSR count). The van der Waals surface area contributed by atoms with Crippen molar-refractivity contribution in [3.8, 4) is 17.3 Å². The van der Waals surface area contributed by atoms with Crippen molar-refractivity contribution in [2.45, 2.75) is 25.6 Å². The van der Waals surface area contributed by atoms with Gasteiger partial charge in [-0.1, -0.05) is 36.4 Å². The number of nitrogens with one attached hydrogen (secondary N) is 1. The summed E-state index contributed by atoms with van der Waals surface area (Å²) >= 11 is 1.79. The third-order valence-corrected chi connectivity index (χ3v) is 5.46. The molecule has 1 N–H and O–H groups in total. The first-order valence-corrected chi connectivity index (χ1v) is 9.96. The third-order valence-electron chi connectivity index (χ3n) is 4.49. The van der Waals surface area contributed by atoms with Crippen LogP contribution in [0.2, 0.25) is 0 Å². The molecule has 5 nitrogen and oxygen atoms in total. The van der Waals surface area contributed by atoms with E-state index in [0.717, 1.165) is 29.9 Å². The van der Waals surface area contributed by atoms with Crippen molar-refractivity contribution in [3.05, 3.63) is 64.5 Å². The van der Waals surface area contributed by atoms with Gasteiger partial charge in [0, 0.05) is 35.3 Å². The molecule has 0 fully saturated rings. The molecule has 0 aliphatic carbocycles. The summed E-state index contributed by atoms with van der Waals surface area (Å²) < 4.78 is 1.88. The molecule has 140 valence electrons. The van der Waals surface area contributed by atoms with E-state index in [1.54, 1.807) is 11.3 Å². The van der Waals surface area contributed by atoms with Gasteiger partial charge < -0.3 is 10.2 Å². The number of nitrogens with zero attached hydrogens (tertiary/aromatic N) is 4. The van der Waals surface area contributed by atoms with Gasteiger partial charge in [-0.05, 0) is 25.5 Å². The van der Waals surface area contributed by atoms with Crippen LogP contribution in [0, 0.1) is 11.3 Å². The molecule has 2 aromatic heterocycles. The molecule has 1 unspecified atom stereocenters. The Labute approximate surface area is 164 Å². The number of rotatable bonds is 9. The Morgan fingerprint density at radius 1 is 1.22 bits per heavy atom. The van der Waals surface area contributed by atoms with E-state index in [4.69, 9.17) is 10.4 Å². The SMILES string of the molecule is CN(C)C(CNCc1cn(CCC#N)nc1-c1ccccc1)c1cccs1. The van der Waals surface area contributed by atoms with Crippen LogP contribution in [0.25, 0.3) is 11.3 Å². The summed E-state index contributed by atoms with van der Waals surface area (Å²) in [6.07, 6.45) is 2.52. The fourth-order valence-corrected chi connectivity index (χ4v) is 3.99. The number of hydrogen-bond acceptors (Lipinski definition) is 5. The molecule has 0 bridgehead atoms. The van der Waals surface area contributed by atoms with Gasteiger partial charge in [-0.3, -0.25) is 4.68 Å². The topological polar surface area (TPSA) is 56.9 Å². The van der Waals surface area contributed by atoms with Crippen LogP contribution in [0.1, 0.15) is 22.9 Å². The van der Waals surface area contributed by atoms with Crippen molar-refractivity contribution in [3.63, 3.8) is 0 Å². The second kappa shape index (κ2) is 9.47. The van der Waals surface area contributed by atoms with Crippen molar-refractivity contribution in [1.29, 1.82) is 5.26 Å². The number of aromatic nitrogens is 2. The lowest BCUT2D eigenvalue weighted by Gasteiger charge is -2.23. The Morgan fingerprint density at radius 3 is 2.70 bits per heavy atom. The molecular formula is C21H25N5S. The zero-order chi connectivity index (χ0) is 19.1. The highest BCUT2D eigenvalue weighted by molar-refractivity contribution is 7.10. The molecule has 27 heavy (non-hydrogen) atoms. The zero-order valence-corrected chi connectivity index (χ0v) is 16.6. The second-order valence-electron chi connectivity index (χ2n) is 6.67. The van der Waals surface area contributed by atoms with Crippen molar-refractivity contribution < 1.29 is 0 Å². The summed E-state index contributed by atoms with van der Waals surface area (Å²) in [4.78, 5) is 3.60. The normalized spacial score (nSPS) is 12.2. The molecule has 0 saturated heterocycles. The van der Waals surface area contributed by atoms with Gasteiger partial charge in [0.2, 0.25) is 0 Å². The largest absolute Gasteiger partial charge is 0.311 e. The van der Waals surface area contributed by atoms with Gasteiger partial charge in [-0.25, -0.2) is 0 Å². The Hall–Kier alpha value is -2.46. The number of likely N-dealkylation sites (N-methyl/N-ethyl adjacent to an activating group) is 1. The first-order valence-electron chi connectivity index (χ1n) is 9.08. The van der Waals surface area contributed by atoms with Gasteiger partial charge in [0.1, 0.15) is 0 Å². The molecule has 0 aliphatic heterocycles. The molecule has 0 spiro atoms. The van der Waals surface area contributed by atoms with E-state index in [0.29, 0.717) is 19.0 Å². The Balaban J connectivity index is 1.73. The lowest BCUT2D eigenvalue weighted by molar-refractivity contribution is 0.292. The molecule has 0 saturated carbocycles. The quantitative estimate of drug-likeness (QED) is 0.612. The van der Waals surface area contributed by atoms with E-state index in [9.17, 15) is 0 Å². The second-order valence-corrected chi connectivity index (χ2v) is 7.65. The summed E-state index contributed by atoms with van der Waals surface area (Å²) in [5, 5.41) is 19.3. The Bertz CT molecular complexity index is 862. The van der Waals surface area contributed by atoms with Crippen LogP contribution in [0.15, 0.2) is 54.0 Å². The monoisotopic (exact) mass is 379 g/mol. The molecule has 6 heteroatoms. The first-order chi connectivity index (χ1) is 13.2. The highest BCUT2D eigenvalue weighted by Crippen LogP contribution is 2.24. The minimum atomic E-state index is 0.346. The number of benzene rings is 1. The summed E-state index contributed by atoms with van der Waals surface area (Å²) in [5.41, 5.74) is 3.24. The highest BCUT2D eigenvalue weighted by atomic mass is 32.1. The standard InChI is InChI=1S/C21H25N5S/c1-25(2)19(20-10-6-13-27-20)15-23-14-18-16-26(12-7-11-22)24-21(18)17-8-4-3-5-9-17/h3-6,8-10,13,16,19,23H,7,12,14-15H2,1-2H3. The van der Waals surface area contributed by atoms with Crippen LogP contribution in [0.5, 0.6) is 0 Å². The summed E-state index contributed by atoms with van der Waals surface area (Å²) in [5.74, 6) is 0. The van der Waals surface area contributed by atoms with E-state index in [1.807, 2.05) is 22.9 Å². The average Bonchev–Trinajstić information content (AvgIpc) is 3.34. The van der Waals surface area contributed by atoms with Crippen LogP contribution in [-0.2, 0) is 13.1 Å². The molecular weight excluding hydrogens is 354 g/mol. The summed E-state index contributed by atoms with van der Waals surface area (Å²) in [7, 11) is 4.22. The van der Waals surface area contributed by atoms with E-state index in [1.165, 1.54) is 4.88 Å². The third kappa shape index (κ3) is 5.04. The minimum Gasteiger partial charge on any atom is -0.311 e. The van der Waals surface area contributed by atoms with Gasteiger partial charge >= 0.3 is 0 Å². The Kier molecular flexibility index (Phi) is 6.77. The predicted molar refractivity (Wildman–Crippen MR) is 110 cm³/mol. The van der Waals surface area contributed by atoms with Gasteiger partial charge in [0.05, 0.1) is 30.8 Å². The number of nitriles is 1. The Morgan fingerprint density at radius 2 is 2.04 bits per heavy atom. The van der Waals surface area contributed by atoms with Gasteiger partial charge in [-0.2, -0.15) is 10.4 Å². The number of hydrogen-bond donors (Lipinski definition) is 1. The first kappa shape index (κ1) is 19.3. The maximum Gasteiger partial charge on any atom is 0.0968 e. The highest BCUT2D eigenvalue weighted by Gasteiger charge is 2.16. The smallest absolute Gasteiger partial charge is 0.0968 e. The molecule has 1 aromatic carbocycles. The van der Waals surface area contributed by atoms with Crippen molar-refractivity contribution in [2.24, 2.45) is 0 Å². The molecule has 0 aliphatic rings. The summed E-state index contributed by atoms with van der Waals surface area (Å²) in [6, 6.07) is 17.0. The van der Waals surface area contributed by atoms with E-state index in [-0.39, 0.29) is 0 Å². The van der Waals surface area contributed by atoms with Crippen molar-refractivity contribution in [1.82, 2.24) is 20.0 Å². The number of thiophene rings is 1. The fraction of sp³-hybridized carbons (Fsp3) is 0.333. The predicted octanol–water partition coefficient (Wildman–Crippen LogP) is 3.92. The lowest BCUT2D eigenvalue weighted by atomic mass is 10.1. The van der Waals surface area contributed by atoms with Gasteiger partial charge in [0.15, 0.2) is 0 Å². The van der Waals surface area contributed by atoms with Crippen LogP contribution in [0.4, 0.5) is 0 Å². The molecule has 0 amide bonds. The van der Waals surface area contributed by atoms with Gasteiger partial charge in [-0.15, -0.1) is 11.3 Å². The number of aryl methyl sites for hydroxylation is 1. The molecule has 1 atom stereocenters. The fourth-order valence-electron chi connectivity index (χ4n) is 3.07. The molecule has 3 aromatic rings. The summed E-state index contributed by atoms with van der Waals surface area (Å²) in [6.45, 7) is 2.23. The maximum absolute atomic E-state index is 8.86. The van der Waals surface area contributed by atoms with Crippen LogP contribution < -0.4 is 5.32 Å². The van der Waals surface area contributed by atoms with Crippen molar-refractivity contribution in [2.75, 3.05) is 20.6 Å². The van der Waals surface area contributed by atoms with E-state index >= 15 is 0 Å². The van der Waals surface area contributed by atoms with E-state index in [2.05, 4.69) is 66.2 Å². The minimum absolute atomic E-state index is 0.346. The zero-order valence-electron chi connectivity index (χ0n) is 15.8. The lowest BCUT2D eigenvalue weighted by Crippen LogP contribution is -2.30. The van der Waals surface area contributed by atoms with E-state index < -0.39 is 0 Å². The molecule has 0 radical (unpaired) electrons. The van der Waals surface area contributed by atoms with Crippen LogP contribution >= 0.6 is 11.3 Å². The maximum atomic E-state index is 8.86. The van der Waals surface area contributed by atoms with Crippen molar-refractivity contribution >= 4 is 11.3 Å². The van der Waals surface area contributed by atoms with Crippen LogP contribution in [0.3, 0.4) is 0 Å². The van der Waals surface area contributed by atoms with Crippen LogP contribution in [-0.4, -0.2) is 35.3 Å².